The molecule has 0 saturated heterocycles. The number of carbonyl (C=O) groups is 2. The number of aromatic nitrogens is 2. The summed E-state index contributed by atoms with van der Waals surface area (Å²) in [5.41, 5.74) is 1.27. The maximum atomic E-state index is 12.1. The molecule has 2 aromatic carbocycles. The summed E-state index contributed by atoms with van der Waals surface area (Å²) in [6.07, 6.45) is 0. The lowest BCUT2D eigenvalue weighted by atomic mass is 10.2. The Bertz CT molecular complexity index is 873. The van der Waals surface area contributed by atoms with Crippen LogP contribution < -0.4 is 10.1 Å². The highest BCUT2D eigenvalue weighted by Crippen LogP contribution is 2.15. The van der Waals surface area contributed by atoms with Crippen LogP contribution in [0.25, 0.3) is 11.4 Å². The van der Waals surface area contributed by atoms with Crippen molar-refractivity contribution in [1.29, 1.82) is 0 Å². The van der Waals surface area contributed by atoms with Crippen molar-refractivity contribution in [2.24, 2.45) is 0 Å². The van der Waals surface area contributed by atoms with Crippen LogP contribution in [0.5, 0.6) is 5.75 Å². The number of amides is 1. The van der Waals surface area contributed by atoms with Gasteiger partial charge in [-0.15, -0.1) is 0 Å². The fourth-order valence-corrected chi connectivity index (χ4v) is 2.13. The van der Waals surface area contributed by atoms with Crippen LogP contribution in [0, 0.1) is 0 Å². The molecule has 7 nitrogen and oxygen atoms in total. The second kappa shape index (κ2) is 7.39. The van der Waals surface area contributed by atoms with Crippen molar-refractivity contribution in [1.82, 2.24) is 15.5 Å². The summed E-state index contributed by atoms with van der Waals surface area (Å²) in [7, 11) is 0. The van der Waals surface area contributed by atoms with E-state index in [1.165, 1.54) is 6.92 Å². The molecule has 0 saturated carbocycles. The topological polar surface area (TPSA) is 94.3 Å². The number of nitrogens with one attached hydrogen (secondary N) is 1. The van der Waals surface area contributed by atoms with Crippen LogP contribution in [-0.2, 0) is 11.3 Å². The van der Waals surface area contributed by atoms with E-state index in [0.29, 0.717) is 23.0 Å². The van der Waals surface area contributed by atoms with Crippen molar-refractivity contribution in [2.75, 3.05) is 0 Å². The molecule has 0 unspecified atom stereocenters. The van der Waals surface area contributed by atoms with Gasteiger partial charge in [-0.05, 0) is 24.3 Å². The molecule has 3 rings (SSSR count). The summed E-state index contributed by atoms with van der Waals surface area (Å²) < 4.78 is 10.1. The largest absolute Gasteiger partial charge is 0.427 e. The Kier molecular flexibility index (Phi) is 4.84. The van der Waals surface area contributed by atoms with E-state index in [9.17, 15) is 9.59 Å². The SMILES string of the molecule is CC(=O)Oc1ccc(C(=O)NCc2nc(-c3ccccc3)no2)cc1. The quantitative estimate of drug-likeness (QED) is 0.568. The van der Waals surface area contributed by atoms with E-state index in [2.05, 4.69) is 15.5 Å². The molecule has 126 valence electrons. The van der Waals surface area contributed by atoms with Crippen LogP contribution >= 0.6 is 0 Å². The van der Waals surface area contributed by atoms with Crippen molar-refractivity contribution in [2.45, 2.75) is 13.5 Å². The van der Waals surface area contributed by atoms with Gasteiger partial charge in [0.25, 0.3) is 5.91 Å². The molecular formula is C18H15N3O4. The number of rotatable bonds is 5. The molecule has 1 heterocycles. The Morgan fingerprint density at radius 1 is 1.08 bits per heavy atom. The third kappa shape index (κ3) is 4.29. The maximum Gasteiger partial charge on any atom is 0.308 e. The highest BCUT2D eigenvalue weighted by molar-refractivity contribution is 5.94. The molecule has 0 fully saturated rings. The Morgan fingerprint density at radius 3 is 2.48 bits per heavy atom. The molecule has 0 aliphatic heterocycles. The number of hydrogen-bond donors (Lipinski definition) is 1. The minimum Gasteiger partial charge on any atom is -0.427 e. The van der Waals surface area contributed by atoms with E-state index in [4.69, 9.17) is 9.26 Å². The van der Waals surface area contributed by atoms with E-state index in [0.717, 1.165) is 5.56 Å². The Hall–Kier alpha value is -3.48. The van der Waals surface area contributed by atoms with Crippen LogP contribution in [0.15, 0.2) is 59.1 Å². The third-order valence-corrected chi connectivity index (χ3v) is 3.28. The van der Waals surface area contributed by atoms with Gasteiger partial charge in [0.15, 0.2) is 0 Å². The van der Waals surface area contributed by atoms with Crippen molar-refractivity contribution >= 4 is 11.9 Å². The average Bonchev–Trinajstić information content (AvgIpc) is 3.10. The number of carbonyl (C=O) groups excluding carboxylic acids is 2. The predicted octanol–water partition coefficient (Wildman–Crippen LogP) is 2.59. The van der Waals surface area contributed by atoms with Gasteiger partial charge < -0.3 is 14.6 Å². The molecular weight excluding hydrogens is 322 g/mol. The molecule has 1 N–H and O–H groups in total. The second-order valence-corrected chi connectivity index (χ2v) is 5.18. The molecule has 1 aromatic heterocycles. The van der Waals surface area contributed by atoms with E-state index < -0.39 is 5.97 Å². The normalized spacial score (nSPS) is 10.3. The van der Waals surface area contributed by atoms with Gasteiger partial charge >= 0.3 is 5.97 Å². The van der Waals surface area contributed by atoms with Crippen LogP contribution in [0.1, 0.15) is 23.2 Å². The fraction of sp³-hybridized carbons (Fsp3) is 0.111. The summed E-state index contributed by atoms with van der Waals surface area (Å²) in [5, 5.41) is 6.59. The molecule has 0 radical (unpaired) electrons. The number of esters is 1. The van der Waals surface area contributed by atoms with E-state index >= 15 is 0 Å². The predicted molar refractivity (Wildman–Crippen MR) is 88.7 cm³/mol. The zero-order valence-corrected chi connectivity index (χ0v) is 13.4. The van der Waals surface area contributed by atoms with Gasteiger partial charge in [-0.2, -0.15) is 4.98 Å². The third-order valence-electron chi connectivity index (χ3n) is 3.28. The van der Waals surface area contributed by atoms with Crippen molar-refractivity contribution < 1.29 is 18.8 Å². The number of nitrogens with zero attached hydrogens (tertiary/aromatic N) is 2. The Balaban J connectivity index is 1.59. The first-order chi connectivity index (χ1) is 12.1. The van der Waals surface area contributed by atoms with Gasteiger partial charge in [0.2, 0.25) is 11.7 Å². The first-order valence-electron chi connectivity index (χ1n) is 7.56. The second-order valence-electron chi connectivity index (χ2n) is 5.18. The van der Waals surface area contributed by atoms with Gasteiger partial charge in [0.05, 0.1) is 6.54 Å². The van der Waals surface area contributed by atoms with Crippen LogP contribution in [0.3, 0.4) is 0 Å². The molecule has 3 aromatic rings. The van der Waals surface area contributed by atoms with Crippen LogP contribution in [0.4, 0.5) is 0 Å². The number of ether oxygens (including phenoxy) is 1. The molecule has 25 heavy (non-hydrogen) atoms. The van der Waals surface area contributed by atoms with Gasteiger partial charge in [0, 0.05) is 18.1 Å². The van der Waals surface area contributed by atoms with E-state index in [1.807, 2.05) is 30.3 Å². The maximum absolute atomic E-state index is 12.1. The molecule has 0 spiro atoms. The lowest BCUT2D eigenvalue weighted by Gasteiger charge is -2.04. The summed E-state index contributed by atoms with van der Waals surface area (Å²) in [6, 6.07) is 15.6. The molecule has 7 heteroatoms. The molecule has 0 aliphatic carbocycles. The monoisotopic (exact) mass is 337 g/mol. The van der Waals surface area contributed by atoms with E-state index in [1.54, 1.807) is 24.3 Å². The smallest absolute Gasteiger partial charge is 0.308 e. The van der Waals surface area contributed by atoms with E-state index in [-0.39, 0.29) is 12.5 Å². The Morgan fingerprint density at radius 2 is 1.80 bits per heavy atom. The lowest BCUT2D eigenvalue weighted by Crippen LogP contribution is -2.22. The minimum atomic E-state index is -0.414. The molecule has 1 amide bonds. The minimum absolute atomic E-state index is 0.115. The van der Waals surface area contributed by atoms with Gasteiger partial charge in [0.1, 0.15) is 5.75 Å². The van der Waals surface area contributed by atoms with Crippen molar-refractivity contribution in [3.05, 3.63) is 66.1 Å². The highest BCUT2D eigenvalue weighted by atomic mass is 16.5. The highest BCUT2D eigenvalue weighted by Gasteiger charge is 2.11. The summed E-state index contributed by atoms with van der Waals surface area (Å²) in [6.45, 7) is 1.43. The van der Waals surface area contributed by atoms with Crippen molar-refractivity contribution in [3.8, 4) is 17.1 Å². The van der Waals surface area contributed by atoms with Gasteiger partial charge in [-0.25, -0.2) is 0 Å². The summed E-state index contributed by atoms with van der Waals surface area (Å²) >= 11 is 0. The molecule has 0 aliphatic rings. The number of benzene rings is 2. The van der Waals surface area contributed by atoms with Crippen LogP contribution in [0.2, 0.25) is 0 Å². The summed E-state index contributed by atoms with van der Waals surface area (Å²) in [5.74, 6) is 0.449. The fourth-order valence-electron chi connectivity index (χ4n) is 2.13. The average molecular weight is 337 g/mol. The van der Waals surface area contributed by atoms with Crippen molar-refractivity contribution in [3.63, 3.8) is 0 Å². The zero-order valence-electron chi connectivity index (χ0n) is 13.4. The first kappa shape index (κ1) is 16.4. The van der Waals surface area contributed by atoms with Crippen LogP contribution in [-0.4, -0.2) is 22.0 Å². The number of hydrogen-bond acceptors (Lipinski definition) is 6. The Labute approximate surface area is 143 Å². The molecule has 0 atom stereocenters. The van der Waals surface area contributed by atoms with Gasteiger partial charge in [-0.1, -0.05) is 35.5 Å². The summed E-state index contributed by atoms with van der Waals surface area (Å²) in [4.78, 5) is 27.2. The van der Waals surface area contributed by atoms with Gasteiger partial charge in [-0.3, -0.25) is 9.59 Å². The molecule has 0 bridgehead atoms. The first-order valence-corrected chi connectivity index (χ1v) is 7.56. The standard InChI is InChI=1S/C18H15N3O4/c1-12(22)24-15-9-7-14(8-10-15)18(23)19-11-16-20-17(21-25-16)13-5-3-2-4-6-13/h2-10H,11H2,1H3,(H,19,23). The zero-order chi connectivity index (χ0) is 17.6. The lowest BCUT2D eigenvalue weighted by molar-refractivity contribution is -0.131.